The molecule has 14 heavy (non-hydrogen) atoms. The van der Waals surface area contributed by atoms with Crippen molar-refractivity contribution in [1.82, 2.24) is 4.98 Å². The zero-order valence-electron chi connectivity index (χ0n) is 7.05. The number of anilines is 1. The predicted molar refractivity (Wildman–Crippen MR) is 53.1 cm³/mol. The lowest BCUT2D eigenvalue weighted by Gasteiger charge is -2.18. The molecule has 0 fully saturated rings. The van der Waals surface area contributed by atoms with Crippen molar-refractivity contribution < 1.29 is 4.92 Å². The molecule has 2 heterocycles. The molecule has 0 spiro atoms. The third-order valence-electron chi connectivity index (χ3n) is 1.90. The smallest absolute Gasteiger partial charge is 0.279 e. The molecule has 0 atom stereocenters. The Labute approximate surface area is 84.9 Å². The van der Waals surface area contributed by atoms with E-state index >= 15 is 0 Å². The summed E-state index contributed by atoms with van der Waals surface area (Å²) in [6, 6.07) is 1.42. The van der Waals surface area contributed by atoms with Crippen LogP contribution in [0, 0.1) is 10.1 Å². The molecule has 1 aromatic heterocycles. The van der Waals surface area contributed by atoms with E-state index in [1.807, 2.05) is 6.08 Å². The Kier molecular flexibility index (Phi) is 2.09. The fourth-order valence-electron chi connectivity index (χ4n) is 1.23. The Morgan fingerprint density at radius 1 is 1.64 bits per heavy atom. The summed E-state index contributed by atoms with van der Waals surface area (Å²) in [5, 5.41) is 10.5. The van der Waals surface area contributed by atoms with Crippen molar-refractivity contribution in [1.29, 1.82) is 0 Å². The van der Waals surface area contributed by atoms with Crippen LogP contribution < -0.4 is 4.42 Å². The number of fused-ring (bicyclic) bond motifs is 1. The first-order valence-electron chi connectivity index (χ1n) is 3.93. The molecule has 5 nitrogen and oxygen atoms in total. The number of hydrogen-bond acceptors (Lipinski definition) is 4. The van der Waals surface area contributed by atoms with Gasteiger partial charge < -0.3 is 0 Å². The normalized spacial score (nSPS) is 13.9. The van der Waals surface area contributed by atoms with Crippen LogP contribution in [-0.2, 0) is 0 Å². The van der Waals surface area contributed by atoms with Gasteiger partial charge in [-0.15, -0.1) is 0 Å². The van der Waals surface area contributed by atoms with Gasteiger partial charge in [0.15, 0.2) is 0 Å². The first-order chi connectivity index (χ1) is 6.68. The lowest BCUT2D eigenvalue weighted by molar-refractivity contribution is -0.385. The Morgan fingerprint density at radius 3 is 3.14 bits per heavy atom. The molecule has 0 N–H and O–H groups in total. The van der Waals surface area contributed by atoms with Gasteiger partial charge in [-0.05, 0) is 6.08 Å². The zero-order chi connectivity index (χ0) is 10.1. The molecule has 0 amide bonds. The second kappa shape index (κ2) is 3.26. The van der Waals surface area contributed by atoms with Crippen molar-refractivity contribution in [3.8, 4) is 0 Å². The van der Waals surface area contributed by atoms with E-state index in [1.165, 1.54) is 16.7 Å². The van der Waals surface area contributed by atoms with Crippen LogP contribution in [0.2, 0.25) is 0 Å². The van der Waals surface area contributed by atoms with Crippen molar-refractivity contribution in [2.75, 3.05) is 11.0 Å². The van der Waals surface area contributed by atoms with E-state index in [9.17, 15) is 10.1 Å². The molecule has 6 heteroatoms. The fourth-order valence-corrected chi connectivity index (χ4v) is 1.45. The fraction of sp³-hybridized carbons (Fsp3) is 0.125. The Bertz CT molecular complexity index is 419. The van der Waals surface area contributed by atoms with Crippen LogP contribution in [0.25, 0.3) is 6.08 Å². The van der Waals surface area contributed by atoms with Crippen LogP contribution in [0.3, 0.4) is 0 Å². The summed E-state index contributed by atoms with van der Waals surface area (Å²) in [6.45, 7) is 0.525. The van der Waals surface area contributed by atoms with Crippen molar-refractivity contribution in [3.63, 3.8) is 0 Å². The topological polar surface area (TPSA) is 59.3 Å². The SMILES string of the molecule is O=[N+]([O-])c1cnc2c(c1)N(Cl)CC=C2. The average Bonchev–Trinajstić information content (AvgIpc) is 2.18. The second-order valence-corrected chi connectivity index (χ2v) is 3.21. The molecule has 0 saturated heterocycles. The van der Waals surface area contributed by atoms with E-state index in [1.54, 1.807) is 6.08 Å². The Morgan fingerprint density at radius 2 is 2.43 bits per heavy atom. The van der Waals surface area contributed by atoms with Crippen LogP contribution in [0.1, 0.15) is 5.69 Å². The predicted octanol–water partition coefficient (Wildman–Crippen LogP) is 1.98. The average molecular weight is 212 g/mol. The molecular weight excluding hydrogens is 206 g/mol. The molecule has 72 valence electrons. The number of rotatable bonds is 1. The molecule has 0 bridgehead atoms. The van der Waals surface area contributed by atoms with Crippen molar-refractivity contribution >= 4 is 29.2 Å². The van der Waals surface area contributed by atoms with Crippen LogP contribution in [0.4, 0.5) is 11.4 Å². The van der Waals surface area contributed by atoms with E-state index in [4.69, 9.17) is 11.8 Å². The van der Waals surface area contributed by atoms with Gasteiger partial charge in [-0.25, -0.2) is 4.98 Å². The molecule has 1 aromatic rings. The highest BCUT2D eigenvalue weighted by Crippen LogP contribution is 2.28. The van der Waals surface area contributed by atoms with Gasteiger partial charge in [0, 0.05) is 17.8 Å². The number of hydrogen-bond donors (Lipinski definition) is 0. The number of aromatic nitrogens is 1. The summed E-state index contributed by atoms with van der Waals surface area (Å²) in [5.74, 6) is 0. The minimum absolute atomic E-state index is 0.0512. The Balaban J connectivity index is 2.52. The molecule has 0 saturated carbocycles. The van der Waals surface area contributed by atoms with E-state index in [2.05, 4.69) is 4.98 Å². The minimum atomic E-state index is -0.490. The number of nitrogens with zero attached hydrogens (tertiary/aromatic N) is 3. The maximum absolute atomic E-state index is 10.5. The van der Waals surface area contributed by atoms with Crippen molar-refractivity contribution in [2.45, 2.75) is 0 Å². The minimum Gasteiger partial charge on any atom is -0.279 e. The molecule has 0 unspecified atom stereocenters. The van der Waals surface area contributed by atoms with Gasteiger partial charge in [-0.1, -0.05) is 6.08 Å². The van der Waals surface area contributed by atoms with E-state index in [0.717, 1.165) is 0 Å². The molecule has 0 aromatic carbocycles. The third-order valence-corrected chi connectivity index (χ3v) is 2.22. The van der Waals surface area contributed by atoms with Crippen molar-refractivity contribution in [3.05, 3.63) is 34.1 Å². The van der Waals surface area contributed by atoms with Crippen LogP contribution in [0.5, 0.6) is 0 Å². The monoisotopic (exact) mass is 211 g/mol. The second-order valence-electron chi connectivity index (χ2n) is 2.80. The zero-order valence-corrected chi connectivity index (χ0v) is 7.81. The molecule has 0 aliphatic carbocycles. The largest absolute Gasteiger partial charge is 0.289 e. The van der Waals surface area contributed by atoms with Crippen LogP contribution >= 0.6 is 11.8 Å². The lowest BCUT2D eigenvalue weighted by Crippen LogP contribution is -2.15. The molecule has 1 aliphatic heterocycles. The summed E-state index contributed by atoms with van der Waals surface area (Å²) in [6.07, 6.45) is 4.85. The summed E-state index contributed by atoms with van der Waals surface area (Å²) in [4.78, 5) is 13.9. The van der Waals surface area contributed by atoms with Gasteiger partial charge >= 0.3 is 0 Å². The third kappa shape index (κ3) is 1.42. The highest BCUT2D eigenvalue weighted by molar-refractivity contribution is 6.26. The molecular formula is C8H6ClN3O2. The first-order valence-corrected chi connectivity index (χ1v) is 4.26. The van der Waals surface area contributed by atoms with E-state index in [-0.39, 0.29) is 5.69 Å². The van der Waals surface area contributed by atoms with Crippen LogP contribution in [0.15, 0.2) is 18.3 Å². The quantitative estimate of drug-likeness (QED) is 0.405. The van der Waals surface area contributed by atoms with E-state index < -0.39 is 4.92 Å². The van der Waals surface area contributed by atoms with Gasteiger partial charge in [-0.2, -0.15) is 0 Å². The number of nitro groups is 1. The highest BCUT2D eigenvalue weighted by atomic mass is 35.5. The Hall–Kier alpha value is -1.62. The van der Waals surface area contributed by atoms with E-state index in [0.29, 0.717) is 17.9 Å². The van der Waals surface area contributed by atoms with Gasteiger partial charge in [0.1, 0.15) is 6.20 Å². The highest BCUT2D eigenvalue weighted by Gasteiger charge is 2.16. The molecule has 2 rings (SSSR count). The summed E-state index contributed by atoms with van der Waals surface area (Å²) < 4.78 is 1.40. The van der Waals surface area contributed by atoms with Gasteiger partial charge in [0.25, 0.3) is 5.69 Å². The lowest BCUT2D eigenvalue weighted by atomic mass is 10.2. The van der Waals surface area contributed by atoms with Gasteiger partial charge in [-0.3, -0.25) is 14.5 Å². The summed E-state index contributed by atoms with van der Waals surface area (Å²) in [5.41, 5.74) is 1.17. The molecule has 0 radical (unpaired) electrons. The van der Waals surface area contributed by atoms with Gasteiger partial charge in [0.2, 0.25) is 0 Å². The standard InChI is InChI=1S/C8H6ClN3O2/c9-11-3-1-2-7-8(11)4-6(5-10-7)12(13)14/h1-2,4-5H,3H2. The maximum atomic E-state index is 10.5. The molecule has 1 aliphatic rings. The first kappa shape index (κ1) is 8.96. The summed E-state index contributed by atoms with van der Waals surface area (Å²) in [7, 11) is 0. The van der Waals surface area contributed by atoms with Gasteiger partial charge in [0.05, 0.1) is 22.8 Å². The van der Waals surface area contributed by atoms with Crippen LogP contribution in [-0.4, -0.2) is 16.5 Å². The number of pyridine rings is 1. The number of halogens is 1. The van der Waals surface area contributed by atoms with Crippen molar-refractivity contribution in [2.24, 2.45) is 0 Å². The maximum Gasteiger partial charge on any atom is 0.289 e. The summed E-state index contributed by atoms with van der Waals surface area (Å²) >= 11 is 5.84.